The first-order valence-corrected chi connectivity index (χ1v) is 6.97. The van der Waals surface area contributed by atoms with Crippen LogP contribution in [0, 0.1) is 0 Å². The first kappa shape index (κ1) is 15.0. The first-order chi connectivity index (χ1) is 11.1. The van der Waals surface area contributed by atoms with Crippen LogP contribution < -0.4 is 10.1 Å². The summed E-state index contributed by atoms with van der Waals surface area (Å²) < 4.78 is 29.2. The lowest BCUT2D eigenvalue weighted by Crippen LogP contribution is -2.14. The predicted molar refractivity (Wildman–Crippen MR) is 85.0 cm³/mol. The number of para-hydroxylation sites is 1. The van der Waals surface area contributed by atoms with Crippen LogP contribution in [0.5, 0.6) is 5.75 Å². The number of carbonyl (C=O) groups excluding carboxylic acids is 1. The van der Waals surface area contributed by atoms with E-state index in [9.17, 15) is 13.6 Å². The highest BCUT2D eigenvalue weighted by molar-refractivity contribution is 6.07. The van der Waals surface area contributed by atoms with Gasteiger partial charge in [0.25, 0.3) is 5.91 Å². The third-order valence-corrected chi connectivity index (χ3v) is 3.36. The summed E-state index contributed by atoms with van der Waals surface area (Å²) in [6, 6.07) is 19.1. The lowest BCUT2D eigenvalue weighted by atomic mass is 10.1. The molecule has 0 fully saturated rings. The fraction of sp³-hybridized carbons (Fsp3) is 0.0556. The van der Waals surface area contributed by atoms with Crippen LogP contribution in [-0.4, -0.2) is 12.5 Å². The van der Waals surface area contributed by atoms with Gasteiger partial charge < -0.3 is 10.1 Å². The average Bonchev–Trinajstić information content (AvgIpc) is 2.54. The number of rotatable bonds is 4. The maximum atomic E-state index is 12.4. The minimum Gasteiger partial charge on any atom is -0.434 e. The van der Waals surface area contributed by atoms with Gasteiger partial charge in [-0.15, -0.1) is 0 Å². The molecule has 0 aliphatic rings. The van der Waals surface area contributed by atoms with Crippen molar-refractivity contribution in [3.8, 4) is 5.75 Å². The van der Waals surface area contributed by atoms with Gasteiger partial charge in [-0.05, 0) is 35.0 Å². The number of alkyl halides is 2. The fourth-order valence-electron chi connectivity index (χ4n) is 2.32. The Hall–Kier alpha value is -2.95. The van der Waals surface area contributed by atoms with Crippen LogP contribution in [0.3, 0.4) is 0 Å². The topological polar surface area (TPSA) is 38.3 Å². The van der Waals surface area contributed by atoms with Crippen LogP contribution in [0.2, 0.25) is 0 Å². The van der Waals surface area contributed by atoms with E-state index in [0.29, 0.717) is 5.69 Å². The highest BCUT2D eigenvalue weighted by Gasteiger charge is 2.15. The molecule has 0 atom stereocenters. The molecule has 0 saturated heterocycles. The molecule has 5 heteroatoms. The maximum absolute atomic E-state index is 12.4. The molecule has 0 heterocycles. The third-order valence-electron chi connectivity index (χ3n) is 3.36. The summed E-state index contributed by atoms with van der Waals surface area (Å²) in [5.41, 5.74) is 0.640. The predicted octanol–water partition coefficient (Wildman–Crippen LogP) is 4.69. The number of carbonyl (C=O) groups is 1. The molecule has 0 aliphatic heterocycles. The molecule has 1 amide bonds. The molecule has 0 aliphatic carbocycles. The lowest BCUT2D eigenvalue weighted by molar-refractivity contribution is -0.0501. The van der Waals surface area contributed by atoms with Crippen molar-refractivity contribution in [1.29, 1.82) is 0 Å². The summed E-state index contributed by atoms with van der Waals surface area (Å²) in [7, 11) is 0. The summed E-state index contributed by atoms with van der Waals surface area (Å²) in [6.07, 6.45) is 0. The second-order valence-electron chi connectivity index (χ2n) is 4.89. The smallest absolute Gasteiger partial charge is 0.387 e. The quantitative estimate of drug-likeness (QED) is 0.758. The standard InChI is InChI=1S/C18H13F2NO2/c19-18(20)23-16-8-4-3-7-15(16)17(22)21-14-10-9-12-5-1-2-6-13(12)11-14/h1-11,18H,(H,21,22). The first-order valence-electron chi connectivity index (χ1n) is 6.97. The molecule has 0 radical (unpaired) electrons. The molecular formula is C18H13F2NO2. The van der Waals surface area contributed by atoms with E-state index < -0.39 is 12.5 Å². The minimum absolute atomic E-state index is 0.0564. The van der Waals surface area contributed by atoms with Crippen molar-refractivity contribution in [1.82, 2.24) is 0 Å². The van der Waals surface area contributed by atoms with E-state index >= 15 is 0 Å². The van der Waals surface area contributed by atoms with E-state index in [4.69, 9.17) is 0 Å². The van der Waals surface area contributed by atoms with Crippen molar-refractivity contribution < 1.29 is 18.3 Å². The Morgan fingerprint density at radius 2 is 1.61 bits per heavy atom. The molecule has 3 aromatic rings. The molecule has 0 saturated carbocycles. The van der Waals surface area contributed by atoms with Crippen LogP contribution in [-0.2, 0) is 0 Å². The number of anilines is 1. The Morgan fingerprint density at radius 1 is 0.913 bits per heavy atom. The van der Waals surface area contributed by atoms with Gasteiger partial charge in [0.15, 0.2) is 0 Å². The normalized spacial score (nSPS) is 10.7. The SMILES string of the molecule is O=C(Nc1ccc2ccccc2c1)c1ccccc1OC(F)F. The zero-order valence-corrected chi connectivity index (χ0v) is 12.0. The van der Waals surface area contributed by atoms with Gasteiger partial charge in [0, 0.05) is 5.69 Å². The van der Waals surface area contributed by atoms with Crippen LogP contribution in [0.25, 0.3) is 10.8 Å². The van der Waals surface area contributed by atoms with E-state index in [1.54, 1.807) is 12.1 Å². The largest absolute Gasteiger partial charge is 0.434 e. The number of hydrogen-bond donors (Lipinski definition) is 1. The molecule has 23 heavy (non-hydrogen) atoms. The Morgan fingerprint density at radius 3 is 2.39 bits per heavy atom. The molecule has 116 valence electrons. The Balaban J connectivity index is 1.86. The molecule has 1 N–H and O–H groups in total. The molecule has 3 rings (SSSR count). The second kappa shape index (κ2) is 6.44. The summed E-state index contributed by atoms with van der Waals surface area (Å²) in [5.74, 6) is -0.655. The number of halogens is 2. The van der Waals surface area contributed by atoms with Gasteiger partial charge in [-0.2, -0.15) is 8.78 Å². The minimum atomic E-state index is -2.98. The summed E-state index contributed by atoms with van der Waals surface area (Å²) in [4.78, 5) is 12.3. The van der Waals surface area contributed by atoms with Gasteiger partial charge >= 0.3 is 6.61 Å². The summed E-state index contributed by atoms with van der Waals surface area (Å²) in [5, 5.41) is 4.72. The van der Waals surface area contributed by atoms with E-state index in [2.05, 4.69) is 10.1 Å². The van der Waals surface area contributed by atoms with Crippen LogP contribution >= 0.6 is 0 Å². The zero-order chi connectivity index (χ0) is 16.2. The highest BCUT2D eigenvalue weighted by Crippen LogP contribution is 2.23. The molecule has 0 spiro atoms. The molecule has 0 bridgehead atoms. The molecular weight excluding hydrogens is 300 g/mol. The van der Waals surface area contributed by atoms with Crippen molar-refractivity contribution in [3.63, 3.8) is 0 Å². The van der Waals surface area contributed by atoms with Gasteiger partial charge in [0.2, 0.25) is 0 Å². The maximum Gasteiger partial charge on any atom is 0.387 e. The van der Waals surface area contributed by atoms with Gasteiger partial charge in [0.05, 0.1) is 5.56 Å². The van der Waals surface area contributed by atoms with E-state index in [1.165, 1.54) is 18.2 Å². The number of nitrogens with one attached hydrogen (secondary N) is 1. The van der Waals surface area contributed by atoms with E-state index in [-0.39, 0.29) is 11.3 Å². The van der Waals surface area contributed by atoms with E-state index in [1.807, 2.05) is 36.4 Å². The van der Waals surface area contributed by atoms with Crippen LogP contribution in [0.1, 0.15) is 10.4 Å². The number of amides is 1. The van der Waals surface area contributed by atoms with Gasteiger partial charge in [-0.1, -0.05) is 42.5 Å². The van der Waals surface area contributed by atoms with E-state index in [0.717, 1.165) is 10.8 Å². The molecule has 0 aromatic heterocycles. The third kappa shape index (κ3) is 3.45. The average molecular weight is 313 g/mol. The van der Waals surface area contributed by atoms with Gasteiger partial charge in [-0.3, -0.25) is 4.79 Å². The monoisotopic (exact) mass is 313 g/mol. The summed E-state index contributed by atoms with van der Waals surface area (Å²) in [6.45, 7) is -2.98. The molecule has 3 aromatic carbocycles. The van der Waals surface area contributed by atoms with Crippen LogP contribution in [0.4, 0.5) is 14.5 Å². The summed E-state index contributed by atoms with van der Waals surface area (Å²) >= 11 is 0. The Labute approximate surface area is 131 Å². The van der Waals surface area contributed by atoms with Crippen molar-refractivity contribution in [2.45, 2.75) is 6.61 Å². The van der Waals surface area contributed by atoms with Crippen molar-refractivity contribution >= 4 is 22.4 Å². The zero-order valence-electron chi connectivity index (χ0n) is 12.0. The van der Waals surface area contributed by atoms with Gasteiger partial charge in [-0.25, -0.2) is 0 Å². The second-order valence-corrected chi connectivity index (χ2v) is 4.89. The Kier molecular flexibility index (Phi) is 4.19. The van der Waals surface area contributed by atoms with Crippen LogP contribution in [0.15, 0.2) is 66.7 Å². The molecule has 3 nitrogen and oxygen atoms in total. The number of fused-ring (bicyclic) bond motifs is 1. The van der Waals surface area contributed by atoms with Crippen molar-refractivity contribution in [2.24, 2.45) is 0 Å². The van der Waals surface area contributed by atoms with Gasteiger partial charge in [0.1, 0.15) is 5.75 Å². The number of ether oxygens (including phenoxy) is 1. The molecule has 0 unspecified atom stereocenters. The lowest BCUT2D eigenvalue weighted by Gasteiger charge is -2.11. The number of hydrogen-bond acceptors (Lipinski definition) is 2. The highest BCUT2D eigenvalue weighted by atomic mass is 19.3. The Bertz CT molecular complexity index is 849. The number of benzene rings is 3. The fourth-order valence-corrected chi connectivity index (χ4v) is 2.32. The van der Waals surface area contributed by atoms with Crippen molar-refractivity contribution in [3.05, 3.63) is 72.3 Å². The van der Waals surface area contributed by atoms with Crippen molar-refractivity contribution in [2.75, 3.05) is 5.32 Å².